The van der Waals surface area contributed by atoms with E-state index in [1.165, 1.54) is 19.1 Å². The SMILES string of the molecule is Cc1cc(C(C)(N)c2c3ccn(C4CC4)c(=O)c3nn2C)ccc1C(F)(F)F. The first-order valence-electron chi connectivity index (χ1n) is 9.07. The lowest BCUT2D eigenvalue weighted by Crippen LogP contribution is -2.37. The summed E-state index contributed by atoms with van der Waals surface area (Å²) in [6.07, 6.45) is -0.711. The highest BCUT2D eigenvalue weighted by atomic mass is 19.4. The summed E-state index contributed by atoms with van der Waals surface area (Å²) in [4.78, 5) is 12.8. The monoisotopic (exact) mass is 390 g/mol. The number of hydrogen-bond donors (Lipinski definition) is 1. The topological polar surface area (TPSA) is 65.8 Å². The fourth-order valence-electron chi connectivity index (χ4n) is 3.90. The number of nitrogens with two attached hydrogens (primary N) is 1. The number of rotatable bonds is 3. The number of benzene rings is 1. The molecule has 8 heteroatoms. The number of hydrogen-bond acceptors (Lipinski definition) is 3. The second kappa shape index (κ2) is 5.94. The van der Waals surface area contributed by atoms with E-state index in [-0.39, 0.29) is 17.2 Å². The van der Waals surface area contributed by atoms with Crippen LogP contribution in [0.1, 0.15) is 48.2 Å². The molecule has 0 spiro atoms. The lowest BCUT2D eigenvalue weighted by Gasteiger charge is -2.27. The zero-order chi connectivity index (χ0) is 20.4. The number of pyridine rings is 1. The number of fused-ring (bicyclic) bond motifs is 1. The van der Waals surface area contributed by atoms with E-state index in [9.17, 15) is 18.0 Å². The number of halogens is 3. The van der Waals surface area contributed by atoms with Crippen molar-refractivity contribution in [2.24, 2.45) is 12.8 Å². The minimum atomic E-state index is -4.42. The molecule has 1 aliphatic rings. The Labute approximate surface area is 159 Å². The van der Waals surface area contributed by atoms with Crippen LogP contribution in [0.4, 0.5) is 13.2 Å². The lowest BCUT2D eigenvalue weighted by molar-refractivity contribution is -0.138. The molecule has 0 aliphatic heterocycles. The second-order valence-electron chi connectivity index (χ2n) is 7.72. The molecule has 0 saturated heterocycles. The van der Waals surface area contributed by atoms with Gasteiger partial charge in [-0.3, -0.25) is 9.48 Å². The van der Waals surface area contributed by atoms with E-state index >= 15 is 0 Å². The molecule has 1 saturated carbocycles. The Morgan fingerprint density at radius 1 is 1.21 bits per heavy atom. The van der Waals surface area contributed by atoms with Crippen molar-refractivity contribution < 1.29 is 13.2 Å². The van der Waals surface area contributed by atoms with E-state index in [1.54, 1.807) is 29.4 Å². The fourth-order valence-corrected chi connectivity index (χ4v) is 3.90. The summed E-state index contributed by atoms with van der Waals surface area (Å²) in [5.74, 6) is 0. The Kier molecular flexibility index (Phi) is 3.98. The van der Waals surface area contributed by atoms with Gasteiger partial charge in [0.2, 0.25) is 0 Å². The van der Waals surface area contributed by atoms with Gasteiger partial charge >= 0.3 is 6.18 Å². The summed E-state index contributed by atoms with van der Waals surface area (Å²) in [5.41, 5.74) is 6.16. The van der Waals surface area contributed by atoms with Gasteiger partial charge < -0.3 is 10.3 Å². The zero-order valence-corrected chi connectivity index (χ0v) is 15.8. The first-order valence-corrected chi connectivity index (χ1v) is 9.07. The minimum Gasteiger partial charge on any atom is -0.317 e. The van der Waals surface area contributed by atoms with E-state index in [0.717, 1.165) is 18.9 Å². The summed E-state index contributed by atoms with van der Waals surface area (Å²) in [7, 11) is 1.69. The van der Waals surface area contributed by atoms with Crippen LogP contribution in [0.15, 0.2) is 35.3 Å². The van der Waals surface area contributed by atoms with Crippen molar-refractivity contribution in [3.05, 3.63) is 63.2 Å². The molecule has 1 aliphatic carbocycles. The van der Waals surface area contributed by atoms with Crippen LogP contribution in [0.5, 0.6) is 0 Å². The van der Waals surface area contributed by atoms with Gasteiger partial charge in [0.1, 0.15) is 0 Å². The molecule has 2 N–H and O–H groups in total. The van der Waals surface area contributed by atoms with Gasteiger partial charge in [0, 0.05) is 24.7 Å². The maximum Gasteiger partial charge on any atom is 0.416 e. The third-order valence-electron chi connectivity index (χ3n) is 5.49. The molecule has 3 aromatic rings. The van der Waals surface area contributed by atoms with E-state index in [4.69, 9.17) is 5.73 Å². The molecule has 4 rings (SSSR count). The summed E-state index contributed by atoms with van der Waals surface area (Å²) in [6.45, 7) is 3.13. The molecule has 0 radical (unpaired) electrons. The quantitative estimate of drug-likeness (QED) is 0.743. The van der Waals surface area contributed by atoms with Crippen LogP contribution in [0.3, 0.4) is 0 Å². The number of aryl methyl sites for hydroxylation is 2. The summed E-state index contributed by atoms with van der Waals surface area (Å²) in [6, 6.07) is 5.94. The van der Waals surface area contributed by atoms with Gasteiger partial charge in [-0.05, 0) is 49.9 Å². The molecule has 2 aromatic heterocycles. The normalized spacial score (nSPS) is 17.1. The summed E-state index contributed by atoms with van der Waals surface area (Å²) >= 11 is 0. The predicted molar refractivity (Wildman–Crippen MR) is 100 cm³/mol. The van der Waals surface area contributed by atoms with E-state index in [1.807, 2.05) is 6.07 Å². The zero-order valence-electron chi connectivity index (χ0n) is 15.8. The van der Waals surface area contributed by atoms with Gasteiger partial charge in [0.05, 0.1) is 16.8 Å². The maximum atomic E-state index is 13.1. The molecule has 0 amide bonds. The van der Waals surface area contributed by atoms with Crippen molar-refractivity contribution in [1.82, 2.24) is 14.3 Å². The highest BCUT2D eigenvalue weighted by molar-refractivity contribution is 5.82. The molecule has 1 unspecified atom stereocenters. The summed E-state index contributed by atoms with van der Waals surface area (Å²) < 4.78 is 42.5. The third kappa shape index (κ3) is 2.83. The molecule has 1 aromatic carbocycles. The van der Waals surface area contributed by atoms with Gasteiger partial charge in [-0.25, -0.2) is 0 Å². The van der Waals surface area contributed by atoms with Crippen molar-refractivity contribution in [3.8, 4) is 0 Å². The van der Waals surface area contributed by atoms with Crippen LogP contribution in [0.2, 0.25) is 0 Å². The van der Waals surface area contributed by atoms with E-state index < -0.39 is 17.3 Å². The largest absolute Gasteiger partial charge is 0.416 e. The van der Waals surface area contributed by atoms with Crippen LogP contribution in [0, 0.1) is 6.92 Å². The Bertz CT molecular complexity index is 1140. The number of nitrogens with zero attached hydrogens (tertiary/aromatic N) is 3. The first kappa shape index (κ1) is 18.7. The van der Waals surface area contributed by atoms with Crippen LogP contribution >= 0.6 is 0 Å². The lowest BCUT2D eigenvalue weighted by atomic mass is 9.86. The van der Waals surface area contributed by atoms with Crippen molar-refractivity contribution in [3.63, 3.8) is 0 Å². The molecule has 1 atom stereocenters. The molecule has 2 heterocycles. The third-order valence-corrected chi connectivity index (χ3v) is 5.49. The second-order valence-corrected chi connectivity index (χ2v) is 7.72. The standard InChI is InChI=1S/C20H21F3N4O/c1-11-10-12(4-7-15(11)20(21,22)23)19(2,24)17-14-8-9-27(13-5-6-13)18(28)16(14)25-26(17)3/h4,7-10,13H,5-6,24H2,1-3H3. The van der Waals surface area contributed by atoms with Gasteiger partial charge in [0.15, 0.2) is 5.52 Å². The van der Waals surface area contributed by atoms with Crippen molar-refractivity contribution in [2.75, 3.05) is 0 Å². The maximum absolute atomic E-state index is 13.1. The van der Waals surface area contributed by atoms with Crippen LogP contribution < -0.4 is 11.3 Å². The Morgan fingerprint density at radius 2 is 1.89 bits per heavy atom. The van der Waals surface area contributed by atoms with Crippen LogP contribution in [-0.4, -0.2) is 14.3 Å². The molecule has 0 bridgehead atoms. The molecule has 1 fully saturated rings. The molecular weight excluding hydrogens is 369 g/mol. The van der Waals surface area contributed by atoms with Gasteiger partial charge in [0.25, 0.3) is 5.56 Å². The summed E-state index contributed by atoms with van der Waals surface area (Å²) in [5, 5.41) is 5.00. The van der Waals surface area contributed by atoms with E-state index in [0.29, 0.717) is 22.2 Å². The molecular formula is C20H21F3N4O. The average molecular weight is 390 g/mol. The van der Waals surface area contributed by atoms with Crippen molar-refractivity contribution >= 4 is 10.9 Å². The predicted octanol–water partition coefficient (Wildman–Crippen LogP) is 3.62. The molecule has 5 nitrogen and oxygen atoms in total. The number of alkyl halides is 3. The Morgan fingerprint density at radius 3 is 2.46 bits per heavy atom. The minimum absolute atomic E-state index is 0.101. The van der Waals surface area contributed by atoms with Crippen LogP contribution in [0.25, 0.3) is 10.9 Å². The highest BCUT2D eigenvalue weighted by Crippen LogP contribution is 2.37. The molecule has 148 valence electrons. The number of aromatic nitrogens is 3. The first-order chi connectivity index (χ1) is 13.0. The van der Waals surface area contributed by atoms with Crippen molar-refractivity contribution in [2.45, 2.75) is 44.4 Å². The average Bonchev–Trinajstić information content (AvgIpc) is 3.36. The van der Waals surface area contributed by atoms with Gasteiger partial charge in [-0.15, -0.1) is 0 Å². The van der Waals surface area contributed by atoms with Gasteiger partial charge in [-0.1, -0.05) is 12.1 Å². The van der Waals surface area contributed by atoms with Gasteiger partial charge in [-0.2, -0.15) is 18.3 Å². The fraction of sp³-hybridized carbons (Fsp3) is 0.400. The Hall–Kier alpha value is -2.61. The van der Waals surface area contributed by atoms with Crippen LogP contribution in [-0.2, 0) is 18.8 Å². The Balaban J connectivity index is 1.87. The smallest absolute Gasteiger partial charge is 0.317 e. The van der Waals surface area contributed by atoms with Crippen molar-refractivity contribution in [1.29, 1.82) is 0 Å². The van der Waals surface area contributed by atoms with E-state index in [2.05, 4.69) is 5.10 Å². The highest BCUT2D eigenvalue weighted by Gasteiger charge is 2.36. The molecule has 28 heavy (non-hydrogen) atoms.